The van der Waals surface area contributed by atoms with Gasteiger partial charge in [0.1, 0.15) is 16.5 Å². The summed E-state index contributed by atoms with van der Waals surface area (Å²) in [6, 6.07) is 7.23. The van der Waals surface area contributed by atoms with E-state index in [4.69, 9.17) is 27.4 Å². The van der Waals surface area contributed by atoms with Crippen molar-refractivity contribution in [3.05, 3.63) is 42.2 Å². The normalized spacial score (nSPS) is 9.90. The van der Waals surface area contributed by atoms with Crippen molar-refractivity contribution in [2.24, 2.45) is 5.73 Å². The van der Waals surface area contributed by atoms with Crippen LogP contribution in [0.5, 0.6) is 11.5 Å². The minimum atomic E-state index is 0.303. The second kappa shape index (κ2) is 6.21. The molecule has 1 aromatic heterocycles. The number of nitrogens with zero attached hydrogens (tertiary/aromatic N) is 1. The van der Waals surface area contributed by atoms with Crippen molar-refractivity contribution in [2.45, 2.75) is 0 Å². The molecular weight excluding hydrogens is 274 g/mol. The van der Waals surface area contributed by atoms with Gasteiger partial charge in [0.25, 0.3) is 0 Å². The predicted molar refractivity (Wildman–Crippen MR) is 83.0 cm³/mol. The standard InChI is InChI=1S/C14H15N3O2S/c1-18-9-3-4-13(19-2)11(7-9)17-12-8-16-6-5-10(12)14(15)20/h3-8,17H,1-2H3,(H2,15,20). The van der Waals surface area contributed by atoms with E-state index in [0.717, 1.165) is 11.3 Å². The maximum Gasteiger partial charge on any atom is 0.142 e. The number of pyridine rings is 1. The molecule has 3 N–H and O–H groups in total. The Bertz CT molecular complexity index is 632. The number of aromatic nitrogens is 1. The quantitative estimate of drug-likeness (QED) is 0.824. The maximum atomic E-state index is 5.70. The Labute approximate surface area is 122 Å². The number of anilines is 2. The third-order valence-electron chi connectivity index (χ3n) is 2.76. The molecule has 2 aromatic rings. The van der Waals surface area contributed by atoms with Gasteiger partial charge in [0, 0.05) is 17.8 Å². The van der Waals surface area contributed by atoms with Crippen LogP contribution in [0.1, 0.15) is 5.56 Å². The zero-order valence-corrected chi connectivity index (χ0v) is 12.0. The van der Waals surface area contributed by atoms with E-state index in [1.807, 2.05) is 18.2 Å². The van der Waals surface area contributed by atoms with Crippen LogP contribution in [0.25, 0.3) is 0 Å². The summed E-state index contributed by atoms with van der Waals surface area (Å²) in [7, 11) is 3.21. The molecule has 0 aliphatic heterocycles. The highest BCUT2D eigenvalue weighted by Gasteiger charge is 2.09. The van der Waals surface area contributed by atoms with Gasteiger partial charge < -0.3 is 20.5 Å². The van der Waals surface area contributed by atoms with E-state index in [9.17, 15) is 0 Å². The first-order chi connectivity index (χ1) is 9.65. The Morgan fingerprint density at radius 3 is 2.65 bits per heavy atom. The summed E-state index contributed by atoms with van der Waals surface area (Å²) in [6.45, 7) is 0. The Balaban J connectivity index is 2.41. The Kier molecular flexibility index (Phi) is 4.37. The number of nitrogens with two attached hydrogens (primary N) is 1. The number of rotatable bonds is 5. The summed E-state index contributed by atoms with van der Waals surface area (Å²) >= 11 is 5.03. The molecule has 6 heteroatoms. The van der Waals surface area contributed by atoms with E-state index in [-0.39, 0.29) is 0 Å². The summed E-state index contributed by atoms with van der Waals surface area (Å²) in [5.74, 6) is 1.40. The van der Waals surface area contributed by atoms with Crippen molar-refractivity contribution < 1.29 is 9.47 Å². The lowest BCUT2D eigenvalue weighted by Crippen LogP contribution is -2.12. The third kappa shape index (κ3) is 2.97. The minimum absolute atomic E-state index is 0.303. The molecule has 0 aliphatic carbocycles. The second-order valence-corrected chi connectivity index (χ2v) is 4.42. The van der Waals surface area contributed by atoms with E-state index in [1.165, 1.54) is 0 Å². The number of benzene rings is 1. The number of thiocarbonyl (C=S) groups is 1. The zero-order valence-electron chi connectivity index (χ0n) is 11.2. The molecule has 0 radical (unpaired) electrons. The van der Waals surface area contributed by atoms with Gasteiger partial charge in [-0.05, 0) is 18.2 Å². The van der Waals surface area contributed by atoms with Crippen molar-refractivity contribution in [1.29, 1.82) is 0 Å². The lowest BCUT2D eigenvalue weighted by Gasteiger charge is -2.14. The van der Waals surface area contributed by atoms with Crippen LogP contribution >= 0.6 is 12.2 Å². The first-order valence-electron chi connectivity index (χ1n) is 5.88. The van der Waals surface area contributed by atoms with Crippen LogP contribution in [-0.2, 0) is 0 Å². The lowest BCUT2D eigenvalue weighted by atomic mass is 10.2. The smallest absolute Gasteiger partial charge is 0.142 e. The highest BCUT2D eigenvalue weighted by atomic mass is 32.1. The van der Waals surface area contributed by atoms with Crippen LogP contribution in [0.3, 0.4) is 0 Å². The first kappa shape index (κ1) is 14.1. The van der Waals surface area contributed by atoms with Crippen molar-refractivity contribution in [2.75, 3.05) is 19.5 Å². The third-order valence-corrected chi connectivity index (χ3v) is 2.98. The predicted octanol–water partition coefficient (Wildman–Crippen LogP) is 2.48. The van der Waals surface area contributed by atoms with Gasteiger partial charge >= 0.3 is 0 Å². The van der Waals surface area contributed by atoms with Crippen LogP contribution in [0.4, 0.5) is 11.4 Å². The van der Waals surface area contributed by atoms with Gasteiger partial charge in [0.05, 0.1) is 31.8 Å². The molecule has 0 bridgehead atoms. The maximum absolute atomic E-state index is 5.70. The first-order valence-corrected chi connectivity index (χ1v) is 6.29. The number of hydrogen-bond donors (Lipinski definition) is 2. The Morgan fingerprint density at radius 2 is 2.00 bits per heavy atom. The summed E-state index contributed by atoms with van der Waals surface area (Å²) in [5, 5.41) is 3.21. The Morgan fingerprint density at radius 1 is 1.20 bits per heavy atom. The van der Waals surface area contributed by atoms with Crippen LogP contribution in [0.2, 0.25) is 0 Å². The highest BCUT2D eigenvalue weighted by molar-refractivity contribution is 7.80. The fourth-order valence-corrected chi connectivity index (χ4v) is 1.94. The summed E-state index contributed by atoms with van der Waals surface area (Å²) in [4.78, 5) is 4.37. The lowest BCUT2D eigenvalue weighted by molar-refractivity contribution is 0.405. The van der Waals surface area contributed by atoms with Gasteiger partial charge in [-0.3, -0.25) is 4.98 Å². The molecule has 0 atom stereocenters. The van der Waals surface area contributed by atoms with Gasteiger partial charge in [-0.15, -0.1) is 0 Å². The number of nitrogens with one attached hydrogen (secondary N) is 1. The molecule has 0 spiro atoms. The van der Waals surface area contributed by atoms with Gasteiger partial charge in [-0.25, -0.2) is 0 Å². The van der Waals surface area contributed by atoms with Gasteiger partial charge in [-0.1, -0.05) is 12.2 Å². The topological polar surface area (TPSA) is 69.4 Å². The van der Waals surface area contributed by atoms with E-state index >= 15 is 0 Å². The summed E-state index contributed by atoms with van der Waals surface area (Å²) < 4.78 is 10.5. The monoisotopic (exact) mass is 289 g/mol. The average Bonchev–Trinajstić information content (AvgIpc) is 2.47. The fraction of sp³-hybridized carbons (Fsp3) is 0.143. The molecule has 5 nitrogen and oxygen atoms in total. The largest absolute Gasteiger partial charge is 0.497 e. The molecular formula is C14H15N3O2S. The van der Waals surface area contributed by atoms with Crippen LogP contribution in [0.15, 0.2) is 36.7 Å². The SMILES string of the molecule is COc1ccc(OC)c(Nc2cnccc2C(N)=S)c1. The van der Waals surface area contributed by atoms with Gasteiger partial charge in [0.2, 0.25) is 0 Å². The fourth-order valence-electron chi connectivity index (χ4n) is 1.77. The van der Waals surface area contributed by atoms with E-state index in [2.05, 4.69) is 10.3 Å². The molecule has 0 amide bonds. The Hall–Kier alpha value is -2.34. The molecule has 0 saturated heterocycles. The molecule has 104 valence electrons. The molecule has 2 rings (SSSR count). The zero-order chi connectivity index (χ0) is 14.5. The van der Waals surface area contributed by atoms with Crippen LogP contribution < -0.4 is 20.5 Å². The molecule has 0 fully saturated rings. The number of methoxy groups -OCH3 is 2. The van der Waals surface area contributed by atoms with Crippen molar-refractivity contribution >= 4 is 28.6 Å². The highest BCUT2D eigenvalue weighted by Crippen LogP contribution is 2.32. The van der Waals surface area contributed by atoms with E-state index in [0.29, 0.717) is 22.2 Å². The van der Waals surface area contributed by atoms with Gasteiger partial charge in [-0.2, -0.15) is 0 Å². The van der Waals surface area contributed by atoms with E-state index in [1.54, 1.807) is 32.7 Å². The summed E-state index contributed by atoms with van der Waals surface area (Å²) in [6.07, 6.45) is 3.30. The van der Waals surface area contributed by atoms with Crippen molar-refractivity contribution in [1.82, 2.24) is 4.98 Å². The number of ether oxygens (including phenoxy) is 2. The second-order valence-electron chi connectivity index (χ2n) is 3.98. The molecule has 1 heterocycles. The van der Waals surface area contributed by atoms with Crippen molar-refractivity contribution in [3.63, 3.8) is 0 Å². The summed E-state index contributed by atoms with van der Waals surface area (Å²) in [5.41, 5.74) is 7.89. The van der Waals surface area contributed by atoms with Gasteiger partial charge in [0.15, 0.2) is 0 Å². The molecule has 0 saturated carbocycles. The van der Waals surface area contributed by atoms with Crippen LogP contribution in [0, 0.1) is 0 Å². The number of hydrogen-bond acceptors (Lipinski definition) is 5. The average molecular weight is 289 g/mol. The van der Waals surface area contributed by atoms with Crippen LogP contribution in [-0.4, -0.2) is 24.2 Å². The molecule has 0 aliphatic rings. The molecule has 1 aromatic carbocycles. The minimum Gasteiger partial charge on any atom is -0.497 e. The molecule has 0 unspecified atom stereocenters. The van der Waals surface area contributed by atoms with E-state index < -0.39 is 0 Å². The molecule has 20 heavy (non-hydrogen) atoms. The van der Waals surface area contributed by atoms with Crippen molar-refractivity contribution in [3.8, 4) is 11.5 Å².